The lowest BCUT2D eigenvalue weighted by Crippen LogP contribution is -2.14. The smallest absolute Gasteiger partial charge is 0.339 e. The molecular formula is C10H13NO4. The van der Waals surface area contributed by atoms with Crippen molar-refractivity contribution >= 4 is 5.97 Å². The van der Waals surface area contributed by atoms with Crippen molar-refractivity contribution in [2.75, 3.05) is 13.2 Å². The maximum atomic E-state index is 10.8. The second-order valence-corrected chi connectivity index (χ2v) is 3.28. The average molecular weight is 211 g/mol. The van der Waals surface area contributed by atoms with Crippen LogP contribution in [0.3, 0.4) is 0 Å². The van der Waals surface area contributed by atoms with Gasteiger partial charge in [0.05, 0.1) is 12.8 Å². The van der Waals surface area contributed by atoms with Gasteiger partial charge in [0.2, 0.25) is 0 Å². The molecule has 1 atom stereocenters. The van der Waals surface area contributed by atoms with Crippen LogP contribution in [0.1, 0.15) is 17.3 Å². The number of rotatable bonds is 5. The molecule has 0 amide bonds. The summed E-state index contributed by atoms with van der Waals surface area (Å²) in [5.41, 5.74) is 0.0788. The van der Waals surface area contributed by atoms with Crippen LogP contribution in [0.25, 0.3) is 0 Å². The number of aromatic nitrogens is 1. The Morgan fingerprint density at radius 1 is 1.67 bits per heavy atom. The number of aliphatic hydroxyl groups is 1. The molecule has 5 nitrogen and oxygen atoms in total. The number of hydrogen-bond acceptors (Lipinski definition) is 4. The van der Waals surface area contributed by atoms with E-state index >= 15 is 0 Å². The molecule has 2 N–H and O–H groups in total. The van der Waals surface area contributed by atoms with Gasteiger partial charge in [-0.05, 0) is 6.07 Å². The van der Waals surface area contributed by atoms with Gasteiger partial charge in [-0.1, -0.05) is 6.92 Å². The molecule has 1 aromatic rings. The SMILES string of the molecule is CC(CO)COc1cnccc1C(=O)O. The van der Waals surface area contributed by atoms with Gasteiger partial charge in [-0.2, -0.15) is 0 Å². The van der Waals surface area contributed by atoms with Crippen molar-refractivity contribution in [1.82, 2.24) is 4.98 Å². The molecule has 1 rings (SSSR count). The highest BCUT2D eigenvalue weighted by atomic mass is 16.5. The van der Waals surface area contributed by atoms with Crippen molar-refractivity contribution in [3.63, 3.8) is 0 Å². The third-order valence-corrected chi connectivity index (χ3v) is 1.85. The highest BCUT2D eigenvalue weighted by Gasteiger charge is 2.11. The van der Waals surface area contributed by atoms with Crippen LogP contribution >= 0.6 is 0 Å². The minimum atomic E-state index is -1.05. The van der Waals surface area contributed by atoms with Gasteiger partial charge in [0, 0.05) is 18.7 Å². The van der Waals surface area contributed by atoms with E-state index in [2.05, 4.69) is 4.98 Å². The molecule has 0 aliphatic rings. The maximum Gasteiger partial charge on any atom is 0.339 e. The molecule has 1 aromatic heterocycles. The second kappa shape index (κ2) is 5.31. The molecule has 0 aliphatic carbocycles. The van der Waals surface area contributed by atoms with Crippen LogP contribution in [-0.4, -0.2) is 34.4 Å². The number of aliphatic hydroxyl groups excluding tert-OH is 1. The second-order valence-electron chi connectivity index (χ2n) is 3.28. The van der Waals surface area contributed by atoms with E-state index in [1.807, 2.05) is 0 Å². The van der Waals surface area contributed by atoms with E-state index in [0.29, 0.717) is 0 Å². The summed E-state index contributed by atoms with van der Waals surface area (Å²) in [6, 6.07) is 1.38. The first-order valence-corrected chi connectivity index (χ1v) is 4.56. The van der Waals surface area contributed by atoms with Crippen LogP contribution in [0.5, 0.6) is 5.75 Å². The molecule has 0 aliphatic heterocycles. The van der Waals surface area contributed by atoms with Gasteiger partial charge in [-0.25, -0.2) is 4.79 Å². The molecule has 0 saturated carbocycles. The van der Waals surface area contributed by atoms with Crippen LogP contribution < -0.4 is 4.74 Å². The summed E-state index contributed by atoms with van der Waals surface area (Å²) in [5, 5.41) is 17.6. The molecule has 0 fully saturated rings. The topological polar surface area (TPSA) is 79.7 Å². The lowest BCUT2D eigenvalue weighted by Gasteiger charge is -2.11. The van der Waals surface area contributed by atoms with E-state index in [1.54, 1.807) is 6.92 Å². The number of aromatic carboxylic acids is 1. The summed E-state index contributed by atoms with van der Waals surface area (Å²) in [6.45, 7) is 2.07. The summed E-state index contributed by atoms with van der Waals surface area (Å²) in [6.07, 6.45) is 2.75. The highest BCUT2D eigenvalue weighted by molar-refractivity contribution is 5.90. The molecule has 1 unspecified atom stereocenters. The van der Waals surface area contributed by atoms with E-state index in [9.17, 15) is 4.79 Å². The maximum absolute atomic E-state index is 10.8. The van der Waals surface area contributed by atoms with E-state index in [-0.39, 0.29) is 30.4 Å². The zero-order chi connectivity index (χ0) is 11.3. The Balaban J connectivity index is 2.72. The van der Waals surface area contributed by atoms with Gasteiger partial charge in [0.25, 0.3) is 0 Å². The predicted molar refractivity (Wildman–Crippen MR) is 52.9 cm³/mol. The highest BCUT2D eigenvalue weighted by Crippen LogP contribution is 2.16. The van der Waals surface area contributed by atoms with Crippen molar-refractivity contribution in [2.24, 2.45) is 5.92 Å². The molecule has 82 valence electrons. The number of carbonyl (C=O) groups is 1. The first-order chi connectivity index (χ1) is 7.15. The quantitative estimate of drug-likeness (QED) is 0.752. The Bertz CT molecular complexity index is 340. The summed E-state index contributed by atoms with van der Waals surface area (Å²) >= 11 is 0. The number of pyridine rings is 1. The average Bonchev–Trinajstić information content (AvgIpc) is 2.26. The van der Waals surface area contributed by atoms with Crippen molar-refractivity contribution < 1.29 is 19.7 Å². The molecular weight excluding hydrogens is 198 g/mol. The van der Waals surface area contributed by atoms with E-state index in [4.69, 9.17) is 14.9 Å². The van der Waals surface area contributed by atoms with Gasteiger partial charge in [-0.3, -0.25) is 4.98 Å². The van der Waals surface area contributed by atoms with Crippen LogP contribution in [0.2, 0.25) is 0 Å². The fourth-order valence-electron chi connectivity index (χ4n) is 0.956. The lowest BCUT2D eigenvalue weighted by atomic mass is 10.2. The number of hydrogen-bond donors (Lipinski definition) is 2. The largest absolute Gasteiger partial charge is 0.491 e. The zero-order valence-corrected chi connectivity index (χ0v) is 8.38. The normalized spacial score (nSPS) is 12.1. The zero-order valence-electron chi connectivity index (χ0n) is 8.38. The van der Waals surface area contributed by atoms with Crippen molar-refractivity contribution in [3.05, 3.63) is 24.0 Å². The first kappa shape index (κ1) is 11.5. The lowest BCUT2D eigenvalue weighted by molar-refractivity contribution is 0.0690. The predicted octanol–water partition coefficient (Wildman–Crippen LogP) is 0.787. The fourth-order valence-corrected chi connectivity index (χ4v) is 0.956. The summed E-state index contributed by atoms with van der Waals surface area (Å²) in [7, 11) is 0. The van der Waals surface area contributed by atoms with Crippen molar-refractivity contribution in [1.29, 1.82) is 0 Å². The van der Waals surface area contributed by atoms with Crippen LogP contribution in [0.15, 0.2) is 18.5 Å². The van der Waals surface area contributed by atoms with Crippen molar-refractivity contribution in [3.8, 4) is 5.75 Å². The van der Waals surface area contributed by atoms with Gasteiger partial charge >= 0.3 is 5.97 Å². The van der Waals surface area contributed by atoms with Gasteiger partial charge in [0.1, 0.15) is 5.56 Å². The minimum Gasteiger partial charge on any atom is -0.491 e. The molecule has 0 radical (unpaired) electrons. The third kappa shape index (κ3) is 3.21. The molecule has 5 heteroatoms. The summed E-state index contributed by atoms with van der Waals surface area (Å²) in [5.74, 6) is -0.860. The van der Waals surface area contributed by atoms with Gasteiger partial charge in [0.15, 0.2) is 5.75 Å². The fraction of sp³-hybridized carbons (Fsp3) is 0.400. The molecule has 15 heavy (non-hydrogen) atoms. The number of ether oxygens (including phenoxy) is 1. The van der Waals surface area contributed by atoms with Crippen molar-refractivity contribution in [2.45, 2.75) is 6.92 Å². The van der Waals surface area contributed by atoms with E-state index in [0.717, 1.165) is 0 Å². The molecule has 1 heterocycles. The van der Waals surface area contributed by atoms with E-state index < -0.39 is 5.97 Å². The minimum absolute atomic E-state index is 0.00265. The van der Waals surface area contributed by atoms with Gasteiger partial charge in [-0.15, -0.1) is 0 Å². The summed E-state index contributed by atoms with van der Waals surface area (Å²) < 4.78 is 5.25. The van der Waals surface area contributed by atoms with Crippen LogP contribution in [0, 0.1) is 5.92 Å². The first-order valence-electron chi connectivity index (χ1n) is 4.56. The van der Waals surface area contributed by atoms with E-state index in [1.165, 1.54) is 18.5 Å². The number of nitrogens with zero attached hydrogens (tertiary/aromatic N) is 1. The van der Waals surface area contributed by atoms with Gasteiger partial charge < -0.3 is 14.9 Å². The van der Waals surface area contributed by atoms with Crippen LogP contribution in [-0.2, 0) is 0 Å². The number of carboxylic acids is 1. The Hall–Kier alpha value is -1.62. The standard InChI is InChI=1S/C10H13NO4/c1-7(5-12)6-15-9-4-11-3-2-8(9)10(13)14/h2-4,7,12H,5-6H2,1H3,(H,13,14). The Morgan fingerprint density at radius 3 is 3.00 bits per heavy atom. The molecule has 0 saturated heterocycles. The molecule has 0 bridgehead atoms. The summed E-state index contributed by atoms with van der Waals surface area (Å²) in [4.78, 5) is 14.6. The molecule has 0 aromatic carbocycles. The third-order valence-electron chi connectivity index (χ3n) is 1.85. The Morgan fingerprint density at radius 2 is 2.40 bits per heavy atom. The molecule has 0 spiro atoms. The Labute approximate surface area is 87.3 Å². The van der Waals surface area contributed by atoms with Crippen LogP contribution in [0.4, 0.5) is 0 Å². The number of carboxylic acid groups (broad SMARTS) is 1. The monoisotopic (exact) mass is 211 g/mol. The Kier molecular flexibility index (Phi) is 4.05.